The smallest absolute Gasteiger partial charge is 0.0277 e. The van der Waals surface area contributed by atoms with Crippen LogP contribution in [0.4, 0.5) is 0 Å². The summed E-state index contributed by atoms with van der Waals surface area (Å²) in [6, 6.07) is 0. The van der Waals surface area contributed by atoms with Crippen molar-refractivity contribution in [1.29, 1.82) is 0 Å². The van der Waals surface area contributed by atoms with Gasteiger partial charge in [0, 0.05) is 13.3 Å². The molecular weight excluding hydrogens is 126 g/mol. The van der Waals surface area contributed by atoms with Crippen molar-refractivity contribution in [2.24, 2.45) is 4.99 Å². The van der Waals surface area contributed by atoms with Gasteiger partial charge in [-0.1, -0.05) is 24.3 Å². The number of allylic oxidation sites excluding steroid dienone is 2. The first kappa shape index (κ1) is 7.22. The second kappa shape index (κ2) is 3.32. The summed E-state index contributed by atoms with van der Waals surface area (Å²) in [7, 11) is 1.67. The van der Waals surface area contributed by atoms with E-state index in [-0.39, 0.29) is 0 Å². The van der Waals surface area contributed by atoms with E-state index < -0.39 is 6.10 Å². The molecule has 0 aromatic heterocycles. The first-order chi connectivity index (χ1) is 4.84. The van der Waals surface area contributed by atoms with Crippen molar-refractivity contribution in [3.05, 3.63) is 23.8 Å². The molecule has 10 heavy (non-hydrogen) atoms. The second-order valence-corrected chi connectivity index (χ2v) is 2.21. The van der Waals surface area contributed by atoms with E-state index in [1.807, 2.05) is 18.2 Å². The lowest BCUT2D eigenvalue weighted by Gasteiger charge is -2.23. The Balaban J connectivity index is 2.70. The fourth-order valence-electron chi connectivity index (χ4n) is 0.900. The maximum Gasteiger partial charge on any atom is 0.0277 e. The van der Waals surface area contributed by atoms with E-state index in [2.05, 4.69) is 4.99 Å². The predicted octanol–water partition coefficient (Wildman–Crippen LogP) is 0.302. The first-order valence-corrected chi connectivity index (χ1v) is 3.29. The molecule has 0 radical (unpaired) electrons. The van der Waals surface area contributed by atoms with Gasteiger partial charge in [-0.3, -0.25) is 4.99 Å². The van der Waals surface area contributed by atoms with Gasteiger partial charge in [-0.15, -0.1) is 0 Å². The molecule has 0 N–H and O–H groups in total. The summed E-state index contributed by atoms with van der Waals surface area (Å²) >= 11 is 0. The van der Waals surface area contributed by atoms with E-state index in [9.17, 15) is 5.11 Å². The third-order valence-corrected chi connectivity index (χ3v) is 1.42. The van der Waals surface area contributed by atoms with Gasteiger partial charge in [0.1, 0.15) is 0 Å². The summed E-state index contributed by atoms with van der Waals surface area (Å²) in [4.78, 5) is 3.78. The maximum absolute atomic E-state index is 11.1. The summed E-state index contributed by atoms with van der Waals surface area (Å²) in [5, 5.41) is 11.1. The van der Waals surface area contributed by atoms with Gasteiger partial charge in [0.25, 0.3) is 0 Å². The molecule has 0 heterocycles. The molecule has 0 fully saturated rings. The molecule has 2 nitrogen and oxygen atoms in total. The van der Waals surface area contributed by atoms with Crippen LogP contribution in [0.1, 0.15) is 6.42 Å². The zero-order chi connectivity index (χ0) is 7.40. The molecule has 0 bridgehead atoms. The summed E-state index contributed by atoms with van der Waals surface area (Å²) in [6.45, 7) is 0. The van der Waals surface area contributed by atoms with Crippen molar-refractivity contribution in [1.82, 2.24) is 0 Å². The predicted molar refractivity (Wildman–Crippen MR) is 40.0 cm³/mol. The molecule has 0 aromatic rings. The van der Waals surface area contributed by atoms with Crippen molar-refractivity contribution in [3.63, 3.8) is 0 Å². The molecule has 0 aromatic carbocycles. The fraction of sp³-hybridized carbons (Fsp3) is 0.375. The highest BCUT2D eigenvalue weighted by molar-refractivity contribution is 5.80. The fourth-order valence-corrected chi connectivity index (χ4v) is 0.900. The van der Waals surface area contributed by atoms with E-state index in [4.69, 9.17) is 0 Å². The van der Waals surface area contributed by atoms with E-state index >= 15 is 0 Å². The SMILES string of the molecule is CN=CC1=CC=CCC1[O-]. The normalized spacial score (nSPS) is 25.4. The summed E-state index contributed by atoms with van der Waals surface area (Å²) in [5.74, 6) is 0. The molecule has 1 unspecified atom stereocenters. The highest BCUT2D eigenvalue weighted by Gasteiger charge is 1.99. The standard InChI is InChI=1S/C8H10NO/c1-9-6-7-4-2-3-5-8(7)10/h2-4,6,8H,5H2,1H3/q-1. The van der Waals surface area contributed by atoms with Crippen molar-refractivity contribution in [3.8, 4) is 0 Å². The van der Waals surface area contributed by atoms with E-state index in [1.165, 1.54) is 0 Å². The Morgan fingerprint density at radius 1 is 1.80 bits per heavy atom. The quantitative estimate of drug-likeness (QED) is 0.477. The Morgan fingerprint density at radius 2 is 2.60 bits per heavy atom. The zero-order valence-electron chi connectivity index (χ0n) is 5.95. The largest absolute Gasteiger partial charge is 0.848 e. The Labute approximate surface area is 60.6 Å². The van der Waals surface area contributed by atoms with Crippen molar-refractivity contribution in [2.75, 3.05) is 7.05 Å². The lowest BCUT2D eigenvalue weighted by molar-refractivity contribution is -0.404. The van der Waals surface area contributed by atoms with Gasteiger partial charge in [0.05, 0.1) is 0 Å². The van der Waals surface area contributed by atoms with E-state index in [1.54, 1.807) is 13.3 Å². The molecule has 2 heteroatoms. The van der Waals surface area contributed by atoms with Crippen molar-refractivity contribution in [2.45, 2.75) is 12.5 Å². The van der Waals surface area contributed by atoms with Crippen LogP contribution in [0.25, 0.3) is 0 Å². The number of aliphatic imine (C=N–C) groups is 1. The van der Waals surface area contributed by atoms with E-state index in [0.29, 0.717) is 6.42 Å². The molecule has 54 valence electrons. The van der Waals surface area contributed by atoms with Crippen LogP contribution in [0.15, 0.2) is 28.8 Å². The molecular formula is C8H10NO-. The van der Waals surface area contributed by atoms with Crippen LogP contribution in [0.3, 0.4) is 0 Å². The molecule has 1 aliphatic rings. The minimum absolute atomic E-state index is 0.595. The molecule has 1 rings (SSSR count). The van der Waals surface area contributed by atoms with E-state index in [0.717, 1.165) is 5.57 Å². The van der Waals surface area contributed by atoms with Gasteiger partial charge >= 0.3 is 0 Å². The zero-order valence-corrected chi connectivity index (χ0v) is 5.95. The minimum atomic E-state index is -0.603. The Kier molecular flexibility index (Phi) is 2.40. The third kappa shape index (κ3) is 1.54. The number of nitrogens with zero attached hydrogens (tertiary/aromatic N) is 1. The summed E-state index contributed by atoms with van der Waals surface area (Å²) < 4.78 is 0. The molecule has 1 aliphatic carbocycles. The van der Waals surface area contributed by atoms with Crippen LogP contribution in [-0.4, -0.2) is 19.4 Å². The maximum atomic E-state index is 11.1. The molecule has 0 aliphatic heterocycles. The lowest BCUT2D eigenvalue weighted by atomic mass is 10.0. The van der Waals surface area contributed by atoms with Gasteiger partial charge in [-0.05, 0) is 12.0 Å². The van der Waals surface area contributed by atoms with Gasteiger partial charge in [-0.25, -0.2) is 0 Å². The van der Waals surface area contributed by atoms with Crippen LogP contribution in [-0.2, 0) is 0 Å². The number of rotatable bonds is 1. The minimum Gasteiger partial charge on any atom is -0.848 e. The Bertz CT molecular complexity index is 191. The van der Waals surface area contributed by atoms with Crippen LogP contribution in [0, 0.1) is 0 Å². The Morgan fingerprint density at radius 3 is 3.20 bits per heavy atom. The summed E-state index contributed by atoms with van der Waals surface area (Å²) in [5.41, 5.74) is 0.782. The number of hydrogen-bond donors (Lipinski definition) is 0. The van der Waals surface area contributed by atoms with Gasteiger partial charge in [-0.2, -0.15) is 0 Å². The topological polar surface area (TPSA) is 35.4 Å². The third-order valence-electron chi connectivity index (χ3n) is 1.42. The highest BCUT2D eigenvalue weighted by Crippen LogP contribution is 2.07. The van der Waals surface area contributed by atoms with Gasteiger partial charge < -0.3 is 5.11 Å². The van der Waals surface area contributed by atoms with Gasteiger partial charge in [0.2, 0.25) is 0 Å². The van der Waals surface area contributed by atoms with Crippen LogP contribution < -0.4 is 5.11 Å². The molecule has 0 spiro atoms. The van der Waals surface area contributed by atoms with Crippen molar-refractivity contribution >= 4 is 6.21 Å². The van der Waals surface area contributed by atoms with Crippen LogP contribution in [0.2, 0.25) is 0 Å². The van der Waals surface area contributed by atoms with Gasteiger partial charge in [0.15, 0.2) is 0 Å². The average Bonchev–Trinajstić information content (AvgIpc) is 1.94. The van der Waals surface area contributed by atoms with Crippen LogP contribution >= 0.6 is 0 Å². The average molecular weight is 136 g/mol. The first-order valence-electron chi connectivity index (χ1n) is 3.29. The van der Waals surface area contributed by atoms with Crippen LogP contribution in [0.5, 0.6) is 0 Å². The highest BCUT2D eigenvalue weighted by atomic mass is 16.3. The second-order valence-electron chi connectivity index (χ2n) is 2.21. The van der Waals surface area contributed by atoms with Crippen molar-refractivity contribution < 1.29 is 5.11 Å². The number of hydrogen-bond acceptors (Lipinski definition) is 2. The molecule has 0 saturated carbocycles. The molecule has 1 atom stereocenters. The Hall–Kier alpha value is -0.890. The molecule has 0 saturated heterocycles. The molecule has 0 amide bonds. The monoisotopic (exact) mass is 136 g/mol. The lowest BCUT2D eigenvalue weighted by Crippen LogP contribution is -2.28. The summed E-state index contributed by atoms with van der Waals surface area (Å²) in [6.07, 6.45) is 7.21.